The number of nitrogens with zero attached hydrogens (tertiary/aromatic N) is 1. The Morgan fingerprint density at radius 3 is 2.56 bits per heavy atom. The van der Waals surface area contributed by atoms with Crippen molar-refractivity contribution in [3.8, 4) is 0 Å². The van der Waals surface area contributed by atoms with E-state index in [1.54, 1.807) is 0 Å². The second-order valence-corrected chi connectivity index (χ2v) is 6.53. The van der Waals surface area contributed by atoms with E-state index in [1.165, 1.54) is 25.7 Å². The van der Waals surface area contributed by atoms with E-state index in [4.69, 9.17) is 4.74 Å². The van der Waals surface area contributed by atoms with Crippen LogP contribution in [0.1, 0.15) is 46.5 Å². The fourth-order valence-electron chi connectivity index (χ4n) is 2.95. The largest absolute Gasteiger partial charge is 0.444 e. The van der Waals surface area contributed by atoms with Crippen LogP contribution in [0.4, 0.5) is 4.79 Å². The van der Waals surface area contributed by atoms with Gasteiger partial charge in [0.2, 0.25) is 0 Å². The standard InChI is InChI=1S/C14H26N2O2/c1-14(2,3)18-13(17)16-9-8-15-12(10-16)11-6-4-5-7-11/h11-12,15H,4-10H2,1-3H3/t12-/m1/s1. The van der Waals surface area contributed by atoms with Gasteiger partial charge >= 0.3 is 6.09 Å². The van der Waals surface area contributed by atoms with E-state index in [0.29, 0.717) is 6.04 Å². The van der Waals surface area contributed by atoms with Crippen molar-refractivity contribution in [2.45, 2.75) is 58.1 Å². The van der Waals surface area contributed by atoms with Crippen LogP contribution >= 0.6 is 0 Å². The van der Waals surface area contributed by atoms with Crippen molar-refractivity contribution in [3.63, 3.8) is 0 Å². The molecule has 1 atom stereocenters. The molecule has 0 spiro atoms. The molecule has 104 valence electrons. The van der Waals surface area contributed by atoms with E-state index in [0.717, 1.165) is 25.6 Å². The summed E-state index contributed by atoms with van der Waals surface area (Å²) in [5.41, 5.74) is -0.398. The van der Waals surface area contributed by atoms with Gasteiger partial charge in [-0.05, 0) is 39.5 Å². The van der Waals surface area contributed by atoms with Gasteiger partial charge in [0.05, 0.1) is 0 Å². The maximum absolute atomic E-state index is 12.1. The summed E-state index contributed by atoms with van der Waals surface area (Å²) in [5.74, 6) is 0.746. The van der Waals surface area contributed by atoms with Crippen LogP contribution < -0.4 is 5.32 Å². The smallest absolute Gasteiger partial charge is 0.410 e. The molecule has 2 fully saturated rings. The van der Waals surface area contributed by atoms with E-state index >= 15 is 0 Å². The Morgan fingerprint density at radius 2 is 1.94 bits per heavy atom. The van der Waals surface area contributed by atoms with Gasteiger partial charge in [-0.2, -0.15) is 0 Å². The molecule has 0 aromatic rings. The molecule has 2 rings (SSSR count). The van der Waals surface area contributed by atoms with Crippen molar-refractivity contribution in [1.29, 1.82) is 0 Å². The lowest BCUT2D eigenvalue weighted by Crippen LogP contribution is -2.55. The Labute approximate surface area is 110 Å². The average Bonchev–Trinajstić information content (AvgIpc) is 2.80. The third kappa shape index (κ3) is 3.61. The number of nitrogens with one attached hydrogen (secondary N) is 1. The van der Waals surface area contributed by atoms with Gasteiger partial charge in [0.1, 0.15) is 5.60 Å². The number of hydrogen-bond acceptors (Lipinski definition) is 3. The first-order valence-electron chi connectivity index (χ1n) is 7.17. The van der Waals surface area contributed by atoms with Crippen molar-refractivity contribution in [2.75, 3.05) is 19.6 Å². The number of amides is 1. The number of carbonyl (C=O) groups excluding carboxylic acids is 1. The Balaban J connectivity index is 1.87. The molecule has 0 aromatic heterocycles. The highest BCUT2D eigenvalue weighted by Gasteiger charge is 2.32. The maximum atomic E-state index is 12.1. The number of ether oxygens (including phenoxy) is 1. The topological polar surface area (TPSA) is 41.6 Å². The highest BCUT2D eigenvalue weighted by Crippen LogP contribution is 2.29. The summed E-state index contributed by atoms with van der Waals surface area (Å²) in [6.45, 7) is 8.21. The molecule has 1 amide bonds. The first-order chi connectivity index (χ1) is 8.46. The minimum absolute atomic E-state index is 0.160. The van der Waals surface area contributed by atoms with Crippen LogP contribution in [0.5, 0.6) is 0 Å². The minimum Gasteiger partial charge on any atom is -0.444 e. The van der Waals surface area contributed by atoms with Crippen LogP contribution in [0, 0.1) is 5.92 Å². The Kier molecular flexibility index (Phi) is 4.15. The van der Waals surface area contributed by atoms with Gasteiger partial charge in [0.25, 0.3) is 0 Å². The molecule has 1 saturated carbocycles. The molecule has 1 aliphatic heterocycles. The van der Waals surface area contributed by atoms with Crippen LogP contribution in [0.2, 0.25) is 0 Å². The third-order valence-corrected chi connectivity index (χ3v) is 3.83. The predicted octanol–water partition coefficient (Wildman–Crippen LogP) is 2.39. The summed E-state index contributed by atoms with van der Waals surface area (Å²) in [7, 11) is 0. The van der Waals surface area contributed by atoms with Gasteiger partial charge in [0, 0.05) is 25.7 Å². The molecule has 2 aliphatic rings. The lowest BCUT2D eigenvalue weighted by molar-refractivity contribution is 0.0173. The van der Waals surface area contributed by atoms with Gasteiger partial charge in [-0.25, -0.2) is 4.79 Å². The van der Waals surface area contributed by atoms with Gasteiger partial charge in [-0.1, -0.05) is 12.8 Å². The van der Waals surface area contributed by atoms with Crippen molar-refractivity contribution < 1.29 is 9.53 Å². The highest BCUT2D eigenvalue weighted by atomic mass is 16.6. The van der Waals surface area contributed by atoms with Gasteiger partial charge < -0.3 is 15.0 Å². The quantitative estimate of drug-likeness (QED) is 0.781. The van der Waals surface area contributed by atoms with Crippen molar-refractivity contribution in [3.05, 3.63) is 0 Å². The molecule has 1 N–H and O–H groups in total. The van der Waals surface area contributed by atoms with Crippen LogP contribution in [-0.2, 0) is 4.74 Å². The van der Waals surface area contributed by atoms with Crippen LogP contribution in [0.25, 0.3) is 0 Å². The molecule has 0 radical (unpaired) electrons. The lowest BCUT2D eigenvalue weighted by Gasteiger charge is -2.37. The minimum atomic E-state index is -0.398. The van der Waals surface area contributed by atoms with Crippen molar-refractivity contribution in [1.82, 2.24) is 10.2 Å². The molecule has 1 aliphatic carbocycles. The van der Waals surface area contributed by atoms with Gasteiger partial charge in [-0.15, -0.1) is 0 Å². The molecule has 0 bridgehead atoms. The number of rotatable bonds is 1. The predicted molar refractivity (Wildman–Crippen MR) is 71.6 cm³/mol. The van der Waals surface area contributed by atoms with Crippen LogP contribution in [0.15, 0.2) is 0 Å². The van der Waals surface area contributed by atoms with Gasteiger partial charge in [-0.3, -0.25) is 0 Å². The third-order valence-electron chi connectivity index (χ3n) is 3.83. The Bertz CT molecular complexity index is 293. The lowest BCUT2D eigenvalue weighted by atomic mass is 9.96. The summed E-state index contributed by atoms with van der Waals surface area (Å²) < 4.78 is 5.45. The monoisotopic (exact) mass is 254 g/mol. The average molecular weight is 254 g/mol. The summed E-state index contributed by atoms with van der Waals surface area (Å²) in [4.78, 5) is 13.9. The number of carbonyl (C=O) groups is 1. The van der Waals surface area contributed by atoms with E-state index in [-0.39, 0.29) is 6.09 Å². The zero-order chi connectivity index (χ0) is 13.2. The maximum Gasteiger partial charge on any atom is 0.410 e. The van der Waals surface area contributed by atoms with Crippen molar-refractivity contribution in [2.24, 2.45) is 5.92 Å². The second-order valence-electron chi connectivity index (χ2n) is 6.53. The molecule has 0 unspecified atom stereocenters. The molecule has 0 aromatic carbocycles. The molecular weight excluding hydrogens is 228 g/mol. The zero-order valence-electron chi connectivity index (χ0n) is 11.9. The van der Waals surface area contributed by atoms with E-state index in [2.05, 4.69) is 5.32 Å². The first-order valence-corrected chi connectivity index (χ1v) is 7.17. The molecule has 18 heavy (non-hydrogen) atoms. The fourth-order valence-corrected chi connectivity index (χ4v) is 2.95. The fraction of sp³-hybridized carbons (Fsp3) is 0.929. The number of piperazine rings is 1. The van der Waals surface area contributed by atoms with E-state index in [9.17, 15) is 4.79 Å². The second kappa shape index (κ2) is 5.47. The summed E-state index contributed by atoms with van der Waals surface area (Å²) in [6, 6.07) is 0.466. The Hall–Kier alpha value is -0.770. The summed E-state index contributed by atoms with van der Waals surface area (Å²) in [5, 5.41) is 3.56. The molecule has 1 saturated heterocycles. The van der Waals surface area contributed by atoms with E-state index < -0.39 is 5.60 Å². The molecule has 4 nitrogen and oxygen atoms in total. The van der Waals surface area contributed by atoms with Crippen LogP contribution in [0.3, 0.4) is 0 Å². The zero-order valence-corrected chi connectivity index (χ0v) is 11.9. The number of hydrogen-bond donors (Lipinski definition) is 1. The van der Waals surface area contributed by atoms with Crippen molar-refractivity contribution >= 4 is 6.09 Å². The summed E-state index contributed by atoms with van der Waals surface area (Å²) >= 11 is 0. The summed E-state index contributed by atoms with van der Waals surface area (Å²) in [6.07, 6.45) is 5.14. The van der Waals surface area contributed by atoms with Gasteiger partial charge in [0.15, 0.2) is 0 Å². The molecule has 4 heteroatoms. The van der Waals surface area contributed by atoms with E-state index in [1.807, 2.05) is 25.7 Å². The first kappa shape index (κ1) is 13.7. The molecule has 1 heterocycles. The molecular formula is C14H26N2O2. The Morgan fingerprint density at radius 1 is 1.28 bits per heavy atom. The van der Waals surface area contributed by atoms with Crippen LogP contribution in [-0.4, -0.2) is 42.3 Å². The highest BCUT2D eigenvalue weighted by molar-refractivity contribution is 5.68. The normalized spacial score (nSPS) is 26.4. The SMILES string of the molecule is CC(C)(C)OC(=O)N1CCN[C@@H](C2CCCC2)C1.